The fraction of sp³-hybridized carbons (Fsp3) is 0.333. The van der Waals surface area contributed by atoms with Crippen molar-refractivity contribution in [2.24, 2.45) is 0 Å². The van der Waals surface area contributed by atoms with Crippen molar-refractivity contribution in [3.63, 3.8) is 0 Å². The molecule has 1 aromatic carbocycles. The van der Waals surface area contributed by atoms with Gasteiger partial charge < -0.3 is 14.1 Å². The quantitative estimate of drug-likeness (QED) is 0.544. The first-order chi connectivity index (χ1) is 13.1. The molecule has 5 nitrogen and oxygen atoms in total. The van der Waals surface area contributed by atoms with Crippen LogP contribution in [0.5, 0.6) is 5.75 Å². The molecular formula is C21H24N2O3S. The van der Waals surface area contributed by atoms with Crippen LogP contribution >= 0.6 is 11.3 Å². The zero-order valence-electron chi connectivity index (χ0n) is 15.8. The second-order valence-electron chi connectivity index (χ2n) is 6.51. The van der Waals surface area contributed by atoms with Gasteiger partial charge in [0, 0.05) is 11.4 Å². The molecule has 27 heavy (non-hydrogen) atoms. The third kappa shape index (κ3) is 4.98. The maximum atomic E-state index is 12.7. The summed E-state index contributed by atoms with van der Waals surface area (Å²) in [6.45, 7) is 7.01. The second kappa shape index (κ2) is 8.86. The highest BCUT2D eigenvalue weighted by Crippen LogP contribution is 2.20. The smallest absolute Gasteiger partial charge is 0.290 e. The Kier molecular flexibility index (Phi) is 6.29. The lowest BCUT2D eigenvalue weighted by Gasteiger charge is -2.27. The van der Waals surface area contributed by atoms with Crippen LogP contribution in [0.4, 0.5) is 0 Å². The molecule has 1 atom stereocenters. The molecular weight excluding hydrogens is 360 g/mol. The molecule has 1 amide bonds. The van der Waals surface area contributed by atoms with Crippen molar-refractivity contribution in [3.05, 3.63) is 70.1 Å². The van der Waals surface area contributed by atoms with Crippen LogP contribution in [0.1, 0.15) is 47.1 Å². The number of ether oxygens (including phenoxy) is 1. The van der Waals surface area contributed by atoms with Gasteiger partial charge in [0.1, 0.15) is 17.4 Å². The van der Waals surface area contributed by atoms with E-state index in [0.717, 1.165) is 28.4 Å². The molecule has 0 aliphatic heterocycles. The van der Waals surface area contributed by atoms with Crippen molar-refractivity contribution < 1.29 is 13.9 Å². The summed E-state index contributed by atoms with van der Waals surface area (Å²) in [5.74, 6) is 1.08. The largest absolute Gasteiger partial charge is 0.486 e. The normalized spacial score (nSPS) is 12.0. The fourth-order valence-corrected chi connectivity index (χ4v) is 3.40. The number of hydrogen-bond donors (Lipinski definition) is 0. The molecule has 3 aromatic rings. The maximum absolute atomic E-state index is 12.7. The van der Waals surface area contributed by atoms with E-state index in [2.05, 4.69) is 11.9 Å². The topological polar surface area (TPSA) is 55.6 Å². The predicted molar refractivity (Wildman–Crippen MR) is 106 cm³/mol. The van der Waals surface area contributed by atoms with Gasteiger partial charge >= 0.3 is 0 Å². The summed E-state index contributed by atoms with van der Waals surface area (Å²) in [5.41, 5.74) is 2.02. The molecule has 0 spiro atoms. The Morgan fingerprint density at radius 1 is 1.33 bits per heavy atom. The van der Waals surface area contributed by atoms with Crippen molar-refractivity contribution in [2.45, 2.75) is 46.4 Å². The van der Waals surface area contributed by atoms with Crippen LogP contribution in [0.15, 0.2) is 52.5 Å². The van der Waals surface area contributed by atoms with Crippen LogP contribution in [-0.2, 0) is 13.2 Å². The molecule has 142 valence electrons. The van der Waals surface area contributed by atoms with Crippen LogP contribution in [0.3, 0.4) is 0 Å². The number of aryl methyl sites for hydroxylation is 1. The highest BCUT2D eigenvalue weighted by molar-refractivity contribution is 7.09. The second-order valence-corrected chi connectivity index (χ2v) is 7.45. The van der Waals surface area contributed by atoms with Crippen molar-refractivity contribution in [1.82, 2.24) is 9.88 Å². The Morgan fingerprint density at radius 3 is 2.89 bits per heavy atom. The summed E-state index contributed by atoms with van der Waals surface area (Å²) in [5, 5.41) is 2.88. The lowest BCUT2D eigenvalue weighted by Crippen LogP contribution is -2.37. The van der Waals surface area contributed by atoms with Crippen LogP contribution in [-0.4, -0.2) is 21.8 Å². The molecule has 0 saturated carbocycles. The van der Waals surface area contributed by atoms with Gasteiger partial charge in [0.2, 0.25) is 0 Å². The molecule has 2 heterocycles. The summed E-state index contributed by atoms with van der Waals surface area (Å²) >= 11 is 1.55. The lowest BCUT2D eigenvalue weighted by molar-refractivity contribution is 0.0636. The Balaban J connectivity index is 1.66. The summed E-state index contributed by atoms with van der Waals surface area (Å²) < 4.78 is 11.1. The third-order valence-corrected chi connectivity index (χ3v) is 5.27. The minimum absolute atomic E-state index is 0.0938. The van der Waals surface area contributed by atoms with Crippen LogP contribution in [0, 0.1) is 6.92 Å². The maximum Gasteiger partial charge on any atom is 0.290 e. The van der Waals surface area contributed by atoms with Gasteiger partial charge in [-0.2, -0.15) is 0 Å². The Bertz CT molecular complexity index is 873. The highest BCUT2D eigenvalue weighted by atomic mass is 32.1. The Morgan fingerprint density at radius 2 is 2.19 bits per heavy atom. The minimum atomic E-state index is -0.111. The fourth-order valence-electron chi connectivity index (χ4n) is 2.70. The van der Waals surface area contributed by atoms with E-state index in [1.54, 1.807) is 28.4 Å². The molecule has 1 unspecified atom stereocenters. The van der Waals surface area contributed by atoms with E-state index in [-0.39, 0.29) is 11.9 Å². The number of nitrogens with zero attached hydrogens (tertiary/aromatic N) is 2. The average Bonchev–Trinajstić information content (AvgIpc) is 3.35. The van der Waals surface area contributed by atoms with E-state index in [9.17, 15) is 4.79 Å². The molecule has 0 aliphatic rings. The third-order valence-electron chi connectivity index (χ3n) is 4.40. The van der Waals surface area contributed by atoms with E-state index in [4.69, 9.17) is 9.15 Å². The van der Waals surface area contributed by atoms with Crippen molar-refractivity contribution in [1.29, 1.82) is 0 Å². The molecule has 0 radical (unpaired) electrons. The van der Waals surface area contributed by atoms with Crippen LogP contribution in [0.2, 0.25) is 0 Å². The van der Waals surface area contributed by atoms with E-state index in [1.165, 1.54) is 6.26 Å². The standard InChI is InChI=1S/C21H24N2O3S/c1-4-16(3)23(21(24)19-9-6-10-25-19)12-17-14-27-20(22-17)13-26-18-8-5-7-15(2)11-18/h5-11,14,16H,4,12-13H2,1-3H3. The van der Waals surface area contributed by atoms with Gasteiger partial charge in [-0.3, -0.25) is 4.79 Å². The zero-order chi connectivity index (χ0) is 19.2. The van der Waals surface area contributed by atoms with E-state index < -0.39 is 0 Å². The van der Waals surface area contributed by atoms with Gasteiger partial charge in [-0.05, 0) is 50.1 Å². The van der Waals surface area contributed by atoms with Gasteiger partial charge in [0.25, 0.3) is 5.91 Å². The Labute approximate surface area is 163 Å². The Hall–Kier alpha value is -2.60. The van der Waals surface area contributed by atoms with Crippen molar-refractivity contribution >= 4 is 17.2 Å². The first-order valence-electron chi connectivity index (χ1n) is 9.04. The van der Waals surface area contributed by atoms with Crippen LogP contribution < -0.4 is 4.74 Å². The number of furan rings is 1. The summed E-state index contributed by atoms with van der Waals surface area (Å²) in [7, 11) is 0. The van der Waals surface area contributed by atoms with Crippen molar-refractivity contribution in [3.8, 4) is 5.75 Å². The average molecular weight is 385 g/mol. The summed E-state index contributed by atoms with van der Waals surface area (Å²) in [6, 6.07) is 11.5. The lowest BCUT2D eigenvalue weighted by atomic mass is 10.2. The molecule has 0 N–H and O–H groups in total. The monoisotopic (exact) mass is 384 g/mol. The number of thiazole rings is 1. The first kappa shape index (κ1) is 19.2. The van der Waals surface area contributed by atoms with E-state index in [1.807, 2.05) is 43.5 Å². The van der Waals surface area contributed by atoms with E-state index >= 15 is 0 Å². The van der Waals surface area contributed by atoms with Gasteiger partial charge in [-0.1, -0.05) is 19.1 Å². The molecule has 0 bridgehead atoms. The molecule has 3 rings (SSSR count). The number of aromatic nitrogens is 1. The summed E-state index contributed by atoms with van der Waals surface area (Å²) in [4.78, 5) is 19.2. The predicted octanol–water partition coefficient (Wildman–Crippen LogP) is 5.06. The number of rotatable bonds is 8. The van der Waals surface area contributed by atoms with Crippen molar-refractivity contribution in [2.75, 3.05) is 0 Å². The SMILES string of the molecule is CCC(C)N(Cc1csc(COc2cccc(C)c2)n1)C(=O)c1ccco1. The number of benzene rings is 1. The zero-order valence-corrected chi connectivity index (χ0v) is 16.7. The highest BCUT2D eigenvalue weighted by Gasteiger charge is 2.23. The molecule has 0 saturated heterocycles. The van der Waals surface area contributed by atoms with E-state index in [0.29, 0.717) is 18.9 Å². The molecule has 2 aromatic heterocycles. The number of carbonyl (C=O) groups is 1. The molecule has 0 fully saturated rings. The number of carbonyl (C=O) groups excluding carboxylic acids is 1. The minimum Gasteiger partial charge on any atom is -0.486 e. The van der Waals surface area contributed by atoms with Gasteiger partial charge in [0.15, 0.2) is 5.76 Å². The molecule has 6 heteroatoms. The number of amides is 1. The van der Waals surface area contributed by atoms with Gasteiger partial charge in [0.05, 0.1) is 18.5 Å². The van der Waals surface area contributed by atoms with Gasteiger partial charge in [-0.15, -0.1) is 11.3 Å². The molecule has 0 aliphatic carbocycles. The first-order valence-corrected chi connectivity index (χ1v) is 9.92. The number of hydrogen-bond acceptors (Lipinski definition) is 5. The van der Waals surface area contributed by atoms with Gasteiger partial charge in [-0.25, -0.2) is 4.98 Å². The van der Waals surface area contributed by atoms with Crippen LogP contribution in [0.25, 0.3) is 0 Å². The summed E-state index contributed by atoms with van der Waals surface area (Å²) in [6.07, 6.45) is 2.38.